The van der Waals surface area contributed by atoms with Crippen LogP contribution in [0.15, 0.2) is 36.5 Å². The lowest BCUT2D eigenvalue weighted by Gasteiger charge is -2.11. The van der Waals surface area contributed by atoms with Crippen molar-refractivity contribution in [2.24, 2.45) is 7.05 Å². The normalized spacial score (nSPS) is 10.0. The quantitative estimate of drug-likeness (QED) is 0.836. The Balaban J connectivity index is 1.85. The Hall–Kier alpha value is -2.08. The summed E-state index contributed by atoms with van der Waals surface area (Å²) < 4.78 is 6.91. The number of aryl methyl sites for hydroxylation is 1. The van der Waals surface area contributed by atoms with Gasteiger partial charge < -0.3 is 15.4 Å². The van der Waals surface area contributed by atoms with Crippen molar-refractivity contribution in [2.45, 2.75) is 6.54 Å². The van der Waals surface area contributed by atoms with Crippen molar-refractivity contribution in [3.8, 4) is 5.75 Å². The van der Waals surface area contributed by atoms with Crippen LogP contribution in [0.4, 0.5) is 5.69 Å². The van der Waals surface area contributed by atoms with Gasteiger partial charge in [-0.25, -0.2) is 0 Å². The third kappa shape index (κ3) is 3.69. The Bertz CT molecular complexity index is 550. The molecule has 0 atom stereocenters. The van der Waals surface area contributed by atoms with Gasteiger partial charge in [0.25, 0.3) is 0 Å². The van der Waals surface area contributed by atoms with Gasteiger partial charge in [0, 0.05) is 18.9 Å². The summed E-state index contributed by atoms with van der Waals surface area (Å²) in [5, 5.41) is 10.9. The number of hydrogen-bond donors (Lipinski definition) is 2. The maximum absolute atomic E-state index is 5.23. The van der Waals surface area contributed by atoms with E-state index >= 15 is 0 Å². The first-order valence-corrected chi connectivity index (χ1v) is 6.25. The predicted octanol–water partition coefficient (Wildman–Crippen LogP) is 1.92. The summed E-state index contributed by atoms with van der Waals surface area (Å²) >= 11 is 5.23. The first-order valence-electron chi connectivity index (χ1n) is 5.85. The van der Waals surface area contributed by atoms with Crippen molar-refractivity contribution in [2.75, 3.05) is 12.4 Å². The summed E-state index contributed by atoms with van der Waals surface area (Å²) in [6.07, 6.45) is 1.76. The molecule has 0 fully saturated rings. The van der Waals surface area contributed by atoms with E-state index in [1.807, 2.05) is 42.1 Å². The molecule has 6 heteroatoms. The fourth-order valence-corrected chi connectivity index (χ4v) is 1.79. The second-order valence-electron chi connectivity index (χ2n) is 3.98. The van der Waals surface area contributed by atoms with Crippen LogP contribution in [0, 0.1) is 0 Å². The third-order valence-electron chi connectivity index (χ3n) is 2.70. The molecule has 0 aliphatic rings. The second kappa shape index (κ2) is 6.19. The molecule has 0 unspecified atom stereocenters. The summed E-state index contributed by atoms with van der Waals surface area (Å²) in [6, 6.07) is 9.54. The molecule has 0 saturated heterocycles. The van der Waals surface area contributed by atoms with E-state index in [1.165, 1.54) is 0 Å². The number of benzene rings is 1. The van der Waals surface area contributed by atoms with Crippen molar-refractivity contribution >= 4 is 23.0 Å². The van der Waals surface area contributed by atoms with Crippen LogP contribution >= 0.6 is 12.2 Å². The number of hydrogen-bond acceptors (Lipinski definition) is 3. The zero-order chi connectivity index (χ0) is 13.7. The Morgan fingerprint density at radius 2 is 2.05 bits per heavy atom. The second-order valence-corrected chi connectivity index (χ2v) is 4.39. The molecule has 2 rings (SSSR count). The molecule has 100 valence electrons. The zero-order valence-corrected chi connectivity index (χ0v) is 11.7. The van der Waals surface area contributed by atoms with Gasteiger partial charge in [-0.3, -0.25) is 4.68 Å². The highest BCUT2D eigenvalue weighted by atomic mass is 32.1. The lowest BCUT2D eigenvalue weighted by Crippen LogP contribution is -2.28. The van der Waals surface area contributed by atoms with Crippen molar-refractivity contribution in [3.05, 3.63) is 42.2 Å². The highest BCUT2D eigenvalue weighted by Gasteiger charge is 2.01. The van der Waals surface area contributed by atoms with Crippen LogP contribution in [0.5, 0.6) is 5.75 Å². The van der Waals surface area contributed by atoms with E-state index < -0.39 is 0 Å². The van der Waals surface area contributed by atoms with Crippen LogP contribution in [0.3, 0.4) is 0 Å². The van der Waals surface area contributed by atoms with Gasteiger partial charge in [-0.1, -0.05) is 0 Å². The number of thiocarbonyl (C=S) groups is 1. The summed E-state index contributed by atoms with van der Waals surface area (Å²) in [6.45, 7) is 0.637. The van der Waals surface area contributed by atoms with E-state index in [9.17, 15) is 0 Å². The molecule has 0 bridgehead atoms. The number of anilines is 1. The Kier molecular flexibility index (Phi) is 4.35. The number of aromatic nitrogens is 2. The predicted molar refractivity (Wildman–Crippen MR) is 79.3 cm³/mol. The van der Waals surface area contributed by atoms with E-state index in [1.54, 1.807) is 13.3 Å². The van der Waals surface area contributed by atoms with Gasteiger partial charge in [0.1, 0.15) is 5.75 Å². The fraction of sp³-hybridized carbons (Fsp3) is 0.231. The van der Waals surface area contributed by atoms with Crippen molar-refractivity contribution < 1.29 is 4.74 Å². The fourth-order valence-electron chi connectivity index (χ4n) is 1.60. The maximum atomic E-state index is 5.23. The summed E-state index contributed by atoms with van der Waals surface area (Å²) in [7, 11) is 3.54. The Morgan fingerprint density at radius 3 is 2.63 bits per heavy atom. The maximum Gasteiger partial charge on any atom is 0.171 e. The van der Waals surface area contributed by atoms with Gasteiger partial charge in [-0.05, 0) is 42.5 Å². The molecule has 0 radical (unpaired) electrons. The van der Waals surface area contributed by atoms with Crippen molar-refractivity contribution in [1.29, 1.82) is 0 Å². The average molecular weight is 276 g/mol. The monoisotopic (exact) mass is 276 g/mol. The first kappa shape index (κ1) is 13.4. The SMILES string of the molecule is COc1ccc(NC(=S)NCc2ccnn2C)cc1. The van der Waals surface area contributed by atoms with Crippen molar-refractivity contribution in [3.63, 3.8) is 0 Å². The molecule has 0 aliphatic heterocycles. The molecular formula is C13H16N4OS. The number of nitrogens with zero attached hydrogens (tertiary/aromatic N) is 2. The molecular weight excluding hydrogens is 260 g/mol. The van der Waals surface area contributed by atoms with Gasteiger partial charge in [-0.2, -0.15) is 5.10 Å². The smallest absolute Gasteiger partial charge is 0.171 e. The van der Waals surface area contributed by atoms with Gasteiger partial charge in [-0.15, -0.1) is 0 Å². The summed E-state index contributed by atoms with van der Waals surface area (Å²) in [5.74, 6) is 0.819. The van der Waals surface area contributed by atoms with E-state index in [4.69, 9.17) is 17.0 Å². The molecule has 1 heterocycles. The Labute approximate surface area is 117 Å². The van der Waals surface area contributed by atoms with Crippen LogP contribution in [0.2, 0.25) is 0 Å². The molecule has 0 saturated carbocycles. The molecule has 1 aromatic carbocycles. The molecule has 2 aromatic rings. The largest absolute Gasteiger partial charge is 0.497 e. The lowest BCUT2D eigenvalue weighted by atomic mass is 10.3. The van der Waals surface area contributed by atoms with Crippen LogP contribution in [-0.4, -0.2) is 22.0 Å². The molecule has 2 N–H and O–H groups in total. The topological polar surface area (TPSA) is 51.1 Å². The van der Waals surface area contributed by atoms with Crippen LogP contribution in [-0.2, 0) is 13.6 Å². The van der Waals surface area contributed by atoms with E-state index in [2.05, 4.69) is 15.7 Å². The van der Waals surface area contributed by atoms with Gasteiger partial charge in [0.05, 0.1) is 19.3 Å². The van der Waals surface area contributed by atoms with Gasteiger partial charge in [0.2, 0.25) is 0 Å². The highest BCUT2D eigenvalue weighted by molar-refractivity contribution is 7.80. The molecule has 19 heavy (non-hydrogen) atoms. The summed E-state index contributed by atoms with van der Waals surface area (Å²) in [4.78, 5) is 0. The first-order chi connectivity index (χ1) is 9.19. The number of rotatable bonds is 4. The minimum Gasteiger partial charge on any atom is -0.497 e. The number of ether oxygens (including phenoxy) is 1. The van der Waals surface area contributed by atoms with E-state index in [-0.39, 0.29) is 0 Å². The van der Waals surface area contributed by atoms with Gasteiger partial charge >= 0.3 is 0 Å². The minimum atomic E-state index is 0.575. The van der Waals surface area contributed by atoms with Crippen LogP contribution in [0.1, 0.15) is 5.69 Å². The highest BCUT2D eigenvalue weighted by Crippen LogP contribution is 2.14. The molecule has 0 spiro atoms. The molecule has 0 amide bonds. The zero-order valence-electron chi connectivity index (χ0n) is 10.9. The molecule has 0 aliphatic carbocycles. The van der Waals surface area contributed by atoms with Crippen molar-refractivity contribution in [1.82, 2.24) is 15.1 Å². The standard InChI is InChI=1S/C13H16N4OS/c1-17-11(7-8-15-17)9-14-13(19)16-10-3-5-12(18-2)6-4-10/h3-8H,9H2,1-2H3,(H2,14,16,19). The van der Waals surface area contributed by atoms with E-state index in [0.29, 0.717) is 11.7 Å². The minimum absolute atomic E-state index is 0.575. The average Bonchev–Trinajstić information content (AvgIpc) is 2.83. The lowest BCUT2D eigenvalue weighted by molar-refractivity contribution is 0.415. The number of nitrogens with one attached hydrogen (secondary N) is 2. The third-order valence-corrected chi connectivity index (χ3v) is 2.95. The number of methoxy groups -OCH3 is 1. The van der Waals surface area contributed by atoms with Crippen LogP contribution < -0.4 is 15.4 Å². The summed E-state index contributed by atoms with van der Waals surface area (Å²) in [5.41, 5.74) is 1.99. The van der Waals surface area contributed by atoms with Gasteiger partial charge in [0.15, 0.2) is 5.11 Å². The molecule has 5 nitrogen and oxygen atoms in total. The Morgan fingerprint density at radius 1 is 1.32 bits per heavy atom. The van der Waals surface area contributed by atoms with E-state index in [0.717, 1.165) is 17.1 Å². The van der Waals surface area contributed by atoms with Crippen LogP contribution in [0.25, 0.3) is 0 Å². The molecule has 1 aromatic heterocycles.